The molecule has 0 aliphatic carbocycles. The molecule has 0 saturated heterocycles. The van der Waals surface area contributed by atoms with Crippen LogP contribution in [0.15, 0.2) is 36.5 Å². The van der Waals surface area contributed by atoms with Crippen LogP contribution in [0.4, 0.5) is 5.69 Å². The zero-order chi connectivity index (χ0) is 16.3. The van der Waals surface area contributed by atoms with Crippen molar-refractivity contribution < 1.29 is 4.79 Å². The van der Waals surface area contributed by atoms with Crippen molar-refractivity contribution in [3.8, 4) is 0 Å². The van der Waals surface area contributed by atoms with Crippen LogP contribution in [0, 0.1) is 0 Å². The lowest BCUT2D eigenvalue weighted by atomic mass is 9.89. The second-order valence-electron chi connectivity index (χ2n) is 6.59. The molecule has 22 heavy (non-hydrogen) atoms. The van der Waals surface area contributed by atoms with Gasteiger partial charge in [-0.3, -0.25) is 9.89 Å². The van der Waals surface area contributed by atoms with Crippen molar-refractivity contribution >= 4 is 17.5 Å². The predicted molar refractivity (Wildman–Crippen MR) is 91.4 cm³/mol. The van der Waals surface area contributed by atoms with Gasteiger partial charge in [0.25, 0.3) is 0 Å². The smallest absolute Gasteiger partial charge is 0.185 e. The number of benzene rings is 1. The number of rotatable bonds is 4. The first-order valence-electron chi connectivity index (χ1n) is 7.32. The molecule has 4 nitrogen and oxygen atoms in total. The maximum Gasteiger partial charge on any atom is 0.185 e. The lowest BCUT2D eigenvalue weighted by molar-refractivity contribution is 0.104. The summed E-state index contributed by atoms with van der Waals surface area (Å²) >= 11 is 0. The zero-order valence-corrected chi connectivity index (χ0v) is 13.8. The molecule has 0 atom stereocenters. The standard InChI is InChI=1S/C18H23N3O/c1-18(2,3)17-14(12-19-20-17)8-11-16(22)13-6-9-15(10-7-13)21(4)5/h6-12H,1-5H3,(H,19,20). The van der Waals surface area contributed by atoms with Crippen molar-refractivity contribution in [2.45, 2.75) is 26.2 Å². The monoisotopic (exact) mass is 297 g/mol. The van der Waals surface area contributed by atoms with Gasteiger partial charge in [-0.15, -0.1) is 0 Å². The van der Waals surface area contributed by atoms with E-state index in [0.717, 1.165) is 16.9 Å². The van der Waals surface area contributed by atoms with Gasteiger partial charge in [-0.1, -0.05) is 20.8 Å². The number of carbonyl (C=O) groups is 1. The second kappa shape index (κ2) is 6.18. The number of carbonyl (C=O) groups excluding carboxylic acids is 1. The fraction of sp³-hybridized carbons (Fsp3) is 0.333. The van der Waals surface area contributed by atoms with Crippen molar-refractivity contribution in [1.29, 1.82) is 0 Å². The SMILES string of the molecule is CN(C)c1ccc(C(=O)C=Cc2cn[nH]c2C(C)(C)C)cc1. The van der Waals surface area contributed by atoms with Gasteiger partial charge in [0.05, 0.1) is 6.20 Å². The number of hydrogen-bond donors (Lipinski definition) is 1. The number of anilines is 1. The highest BCUT2D eigenvalue weighted by Gasteiger charge is 2.18. The third-order valence-corrected chi connectivity index (χ3v) is 3.50. The Morgan fingerprint density at radius 3 is 2.36 bits per heavy atom. The van der Waals surface area contributed by atoms with Crippen LogP contribution in [0.5, 0.6) is 0 Å². The Morgan fingerprint density at radius 1 is 1.18 bits per heavy atom. The molecular formula is C18H23N3O. The Bertz CT molecular complexity index is 673. The molecule has 1 N–H and O–H groups in total. The van der Waals surface area contributed by atoms with Gasteiger partial charge >= 0.3 is 0 Å². The summed E-state index contributed by atoms with van der Waals surface area (Å²) in [4.78, 5) is 14.3. The molecule has 2 aromatic rings. The zero-order valence-electron chi connectivity index (χ0n) is 13.8. The molecule has 0 aliphatic heterocycles. The Morgan fingerprint density at radius 2 is 1.82 bits per heavy atom. The lowest BCUT2D eigenvalue weighted by Crippen LogP contribution is -2.13. The molecule has 2 rings (SSSR count). The van der Waals surface area contributed by atoms with Gasteiger partial charge in [0.2, 0.25) is 0 Å². The molecule has 0 bridgehead atoms. The van der Waals surface area contributed by atoms with Gasteiger partial charge in [0.15, 0.2) is 5.78 Å². The molecule has 0 unspecified atom stereocenters. The fourth-order valence-corrected chi connectivity index (χ4v) is 2.21. The number of H-pyrrole nitrogens is 1. The Balaban J connectivity index is 2.17. The van der Waals surface area contributed by atoms with Crippen LogP contribution in [0.25, 0.3) is 6.08 Å². The van der Waals surface area contributed by atoms with Crippen molar-refractivity contribution in [2.24, 2.45) is 0 Å². The van der Waals surface area contributed by atoms with Gasteiger partial charge in [-0.05, 0) is 36.4 Å². The summed E-state index contributed by atoms with van der Waals surface area (Å²) < 4.78 is 0. The van der Waals surface area contributed by atoms with Crippen LogP contribution in [0.1, 0.15) is 42.4 Å². The van der Waals surface area contributed by atoms with E-state index in [1.54, 1.807) is 12.3 Å². The van der Waals surface area contributed by atoms with Crippen LogP contribution in [0.2, 0.25) is 0 Å². The Kier molecular flexibility index (Phi) is 4.50. The van der Waals surface area contributed by atoms with E-state index in [4.69, 9.17) is 0 Å². The molecule has 0 radical (unpaired) electrons. The van der Waals surface area contributed by atoms with Crippen molar-refractivity contribution in [3.63, 3.8) is 0 Å². The number of hydrogen-bond acceptors (Lipinski definition) is 3. The van der Waals surface area contributed by atoms with Gasteiger partial charge < -0.3 is 4.90 Å². The summed E-state index contributed by atoms with van der Waals surface area (Å²) in [5, 5.41) is 7.09. The average Bonchev–Trinajstić information content (AvgIpc) is 2.93. The highest BCUT2D eigenvalue weighted by molar-refractivity contribution is 6.07. The molecule has 1 aromatic heterocycles. The minimum Gasteiger partial charge on any atom is -0.378 e. The van der Waals surface area contributed by atoms with Gasteiger partial charge in [-0.25, -0.2) is 0 Å². The first kappa shape index (κ1) is 16.0. The first-order chi connectivity index (χ1) is 10.3. The maximum atomic E-state index is 12.3. The molecule has 0 amide bonds. The van der Waals surface area contributed by atoms with Gasteiger partial charge in [0.1, 0.15) is 0 Å². The fourth-order valence-electron chi connectivity index (χ4n) is 2.21. The molecular weight excluding hydrogens is 274 g/mol. The normalized spacial score (nSPS) is 11.9. The highest BCUT2D eigenvalue weighted by atomic mass is 16.1. The van der Waals surface area contributed by atoms with Crippen molar-refractivity contribution in [1.82, 2.24) is 10.2 Å². The summed E-state index contributed by atoms with van der Waals surface area (Å²) in [5.74, 6) is -0.00800. The summed E-state index contributed by atoms with van der Waals surface area (Å²) in [5.41, 5.74) is 3.70. The summed E-state index contributed by atoms with van der Waals surface area (Å²) in [6, 6.07) is 7.59. The molecule has 1 heterocycles. The van der Waals surface area contributed by atoms with Crippen LogP contribution in [-0.4, -0.2) is 30.1 Å². The third kappa shape index (κ3) is 3.64. The topological polar surface area (TPSA) is 49.0 Å². The lowest BCUT2D eigenvalue weighted by Gasteiger charge is -2.17. The van der Waals surface area contributed by atoms with Crippen LogP contribution in [0.3, 0.4) is 0 Å². The van der Waals surface area contributed by atoms with Gasteiger partial charge in [0, 0.05) is 42.0 Å². The van der Waals surface area contributed by atoms with E-state index in [1.165, 1.54) is 0 Å². The minimum absolute atomic E-state index is 0.00800. The summed E-state index contributed by atoms with van der Waals surface area (Å²) in [7, 11) is 3.95. The number of nitrogens with zero attached hydrogens (tertiary/aromatic N) is 2. The summed E-state index contributed by atoms with van der Waals surface area (Å²) in [6.45, 7) is 6.33. The predicted octanol–water partition coefficient (Wildman–Crippen LogP) is 3.67. The third-order valence-electron chi connectivity index (χ3n) is 3.50. The van der Waals surface area contributed by atoms with E-state index in [2.05, 4.69) is 31.0 Å². The average molecular weight is 297 g/mol. The van der Waals surface area contributed by atoms with E-state index >= 15 is 0 Å². The molecule has 116 valence electrons. The molecule has 1 aromatic carbocycles. The largest absolute Gasteiger partial charge is 0.378 e. The van der Waals surface area contributed by atoms with Crippen molar-refractivity contribution in [3.05, 3.63) is 53.4 Å². The van der Waals surface area contributed by atoms with Crippen LogP contribution >= 0.6 is 0 Å². The number of aromatic nitrogens is 2. The van der Waals surface area contributed by atoms with E-state index in [0.29, 0.717) is 5.56 Å². The highest BCUT2D eigenvalue weighted by Crippen LogP contribution is 2.24. The van der Waals surface area contributed by atoms with Crippen molar-refractivity contribution in [2.75, 3.05) is 19.0 Å². The molecule has 4 heteroatoms. The number of ketones is 1. The first-order valence-corrected chi connectivity index (χ1v) is 7.32. The second-order valence-corrected chi connectivity index (χ2v) is 6.59. The van der Waals surface area contributed by atoms with Crippen LogP contribution in [-0.2, 0) is 5.41 Å². The van der Waals surface area contributed by atoms with E-state index in [9.17, 15) is 4.79 Å². The molecule has 0 spiro atoms. The Hall–Kier alpha value is -2.36. The van der Waals surface area contributed by atoms with Gasteiger partial charge in [-0.2, -0.15) is 5.10 Å². The Labute approximate surface area is 131 Å². The number of aromatic amines is 1. The van der Waals surface area contributed by atoms with Crippen LogP contribution < -0.4 is 4.90 Å². The minimum atomic E-state index is -0.0351. The van der Waals surface area contributed by atoms with E-state index in [1.807, 2.05) is 49.3 Å². The maximum absolute atomic E-state index is 12.3. The van der Waals surface area contributed by atoms with E-state index < -0.39 is 0 Å². The quantitative estimate of drug-likeness (QED) is 0.692. The molecule has 0 aliphatic rings. The molecule has 0 fully saturated rings. The number of nitrogens with one attached hydrogen (secondary N) is 1. The molecule has 0 saturated carbocycles. The number of allylic oxidation sites excluding steroid dienone is 1. The summed E-state index contributed by atoms with van der Waals surface area (Å²) in [6.07, 6.45) is 5.18. The van der Waals surface area contributed by atoms with E-state index in [-0.39, 0.29) is 11.2 Å².